The quantitative estimate of drug-likeness (QED) is 0.500. The molecule has 1 aromatic rings. The molecule has 1 aliphatic rings. The van der Waals surface area contributed by atoms with Crippen LogP contribution in [0.4, 0.5) is 4.39 Å². The summed E-state index contributed by atoms with van der Waals surface area (Å²) in [6.45, 7) is 5.98. The average molecular weight is 351 g/mol. The molecule has 2 atom stereocenters. The first-order chi connectivity index (χ1) is 12.0. The summed E-state index contributed by atoms with van der Waals surface area (Å²) in [5.41, 5.74) is 0.791. The van der Waals surface area contributed by atoms with Gasteiger partial charge in [-0.3, -0.25) is 9.79 Å². The number of aliphatic imine (C=N–C) groups is 1. The van der Waals surface area contributed by atoms with Crippen LogP contribution in [0.3, 0.4) is 0 Å². The van der Waals surface area contributed by atoms with Gasteiger partial charge in [-0.25, -0.2) is 4.39 Å². The summed E-state index contributed by atoms with van der Waals surface area (Å²) >= 11 is 0. The van der Waals surface area contributed by atoms with Gasteiger partial charge >= 0.3 is 5.97 Å². The largest absolute Gasteiger partial charge is 0.491 e. The standard InChI is InChI=1S/C18H26FN3O3/c1-5-25-16-7-6-13(8-15(16)19)9-21-18(20-3)22-10-12(2)14(11-22)17(23)24-4/h6-8,12,14H,5,9-11H2,1-4H3,(H,20,21). The van der Waals surface area contributed by atoms with E-state index in [1.807, 2.05) is 24.8 Å². The van der Waals surface area contributed by atoms with Gasteiger partial charge in [-0.05, 0) is 30.5 Å². The van der Waals surface area contributed by atoms with Crippen molar-refractivity contribution in [2.45, 2.75) is 20.4 Å². The molecule has 138 valence electrons. The zero-order chi connectivity index (χ0) is 18.4. The Morgan fingerprint density at radius 2 is 2.20 bits per heavy atom. The van der Waals surface area contributed by atoms with E-state index in [1.54, 1.807) is 13.1 Å². The fraction of sp³-hybridized carbons (Fsp3) is 0.556. The number of guanidine groups is 1. The van der Waals surface area contributed by atoms with Gasteiger partial charge in [0.15, 0.2) is 17.5 Å². The molecule has 0 saturated carbocycles. The number of halogens is 1. The summed E-state index contributed by atoms with van der Waals surface area (Å²) in [5.74, 6) is 0.397. The summed E-state index contributed by atoms with van der Waals surface area (Å²) in [4.78, 5) is 18.1. The second kappa shape index (κ2) is 8.69. The fourth-order valence-electron chi connectivity index (χ4n) is 3.04. The van der Waals surface area contributed by atoms with E-state index < -0.39 is 0 Å². The van der Waals surface area contributed by atoms with E-state index in [0.29, 0.717) is 25.7 Å². The van der Waals surface area contributed by atoms with E-state index in [0.717, 1.165) is 12.1 Å². The van der Waals surface area contributed by atoms with Crippen LogP contribution in [0.15, 0.2) is 23.2 Å². The van der Waals surface area contributed by atoms with Crippen molar-refractivity contribution in [2.24, 2.45) is 16.8 Å². The topological polar surface area (TPSA) is 63.2 Å². The first kappa shape index (κ1) is 19.0. The Labute approximate surface area is 148 Å². The third-order valence-electron chi connectivity index (χ3n) is 4.37. The summed E-state index contributed by atoms with van der Waals surface area (Å²) in [6.07, 6.45) is 0. The normalized spacial score (nSPS) is 20.5. The highest BCUT2D eigenvalue weighted by Gasteiger charge is 2.36. The predicted molar refractivity (Wildman–Crippen MR) is 94.0 cm³/mol. The number of carbonyl (C=O) groups is 1. The molecule has 0 aliphatic carbocycles. The molecule has 1 N–H and O–H groups in total. The van der Waals surface area contributed by atoms with Gasteiger partial charge in [0, 0.05) is 26.7 Å². The number of esters is 1. The van der Waals surface area contributed by atoms with Gasteiger partial charge in [-0.15, -0.1) is 0 Å². The maximum Gasteiger partial charge on any atom is 0.310 e. The third-order valence-corrected chi connectivity index (χ3v) is 4.37. The van der Waals surface area contributed by atoms with Crippen molar-refractivity contribution in [1.29, 1.82) is 0 Å². The minimum atomic E-state index is -0.378. The molecule has 6 nitrogen and oxygen atoms in total. The minimum absolute atomic E-state index is 0.161. The maximum absolute atomic E-state index is 13.9. The molecule has 1 aromatic carbocycles. The number of hydrogen-bond donors (Lipinski definition) is 1. The van der Waals surface area contributed by atoms with Crippen LogP contribution in [0.2, 0.25) is 0 Å². The number of hydrogen-bond acceptors (Lipinski definition) is 4. The number of likely N-dealkylation sites (tertiary alicyclic amines) is 1. The number of benzene rings is 1. The van der Waals surface area contributed by atoms with Crippen LogP contribution >= 0.6 is 0 Å². The number of nitrogens with zero attached hydrogens (tertiary/aromatic N) is 2. The van der Waals surface area contributed by atoms with Crippen molar-refractivity contribution >= 4 is 11.9 Å². The van der Waals surface area contributed by atoms with Crippen molar-refractivity contribution in [3.63, 3.8) is 0 Å². The smallest absolute Gasteiger partial charge is 0.310 e. The van der Waals surface area contributed by atoms with Crippen LogP contribution in [0, 0.1) is 17.7 Å². The molecule has 0 radical (unpaired) electrons. The molecule has 0 amide bonds. The maximum atomic E-state index is 13.9. The summed E-state index contributed by atoms with van der Waals surface area (Å²) < 4.78 is 24.0. The molecule has 1 heterocycles. The Bertz CT molecular complexity index is 636. The van der Waals surface area contributed by atoms with Crippen LogP contribution in [-0.4, -0.2) is 50.7 Å². The van der Waals surface area contributed by atoms with E-state index >= 15 is 0 Å². The number of carbonyl (C=O) groups excluding carboxylic acids is 1. The van der Waals surface area contributed by atoms with Gasteiger partial charge in [0.1, 0.15) is 0 Å². The van der Waals surface area contributed by atoms with Crippen molar-refractivity contribution in [2.75, 3.05) is 33.9 Å². The van der Waals surface area contributed by atoms with Gasteiger partial charge in [-0.1, -0.05) is 13.0 Å². The highest BCUT2D eigenvalue weighted by Crippen LogP contribution is 2.24. The lowest BCUT2D eigenvalue weighted by atomic mass is 9.99. The van der Waals surface area contributed by atoms with E-state index in [4.69, 9.17) is 9.47 Å². The molecule has 1 fully saturated rings. The minimum Gasteiger partial charge on any atom is -0.491 e. The lowest BCUT2D eigenvalue weighted by Gasteiger charge is -2.21. The zero-order valence-electron chi connectivity index (χ0n) is 15.2. The van der Waals surface area contributed by atoms with Crippen LogP contribution in [0.5, 0.6) is 5.75 Å². The predicted octanol–water partition coefficient (Wildman–Crippen LogP) is 2.04. The molecular formula is C18H26FN3O3. The van der Waals surface area contributed by atoms with Crippen LogP contribution < -0.4 is 10.1 Å². The third kappa shape index (κ3) is 4.61. The molecule has 0 bridgehead atoms. The molecule has 2 rings (SSSR count). The van der Waals surface area contributed by atoms with E-state index in [2.05, 4.69) is 10.3 Å². The van der Waals surface area contributed by atoms with Crippen LogP contribution in [0.1, 0.15) is 19.4 Å². The Morgan fingerprint density at radius 3 is 2.80 bits per heavy atom. The Kier molecular flexibility index (Phi) is 6.61. The zero-order valence-corrected chi connectivity index (χ0v) is 15.2. The van der Waals surface area contributed by atoms with Gasteiger partial charge < -0.3 is 19.7 Å². The molecule has 1 saturated heterocycles. The van der Waals surface area contributed by atoms with Crippen molar-refractivity contribution in [3.8, 4) is 5.75 Å². The first-order valence-corrected chi connectivity index (χ1v) is 8.44. The molecular weight excluding hydrogens is 325 g/mol. The number of nitrogens with one attached hydrogen (secondary N) is 1. The summed E-state index contributed by atoms with van der Waals surface area (Å²) in [7, 11) is 3.10. The summed E-state index contributed by atoms with van der Waals surface area (Å²) in [6, 6.07) is 4.90. The molecule has 0 spiro atoms. The van der Waals surface area contributed by atoms with Crippen molar-refractivity contribution in [3.05, 3.63) is 29.6 Å². The first-order valence-electron chi connectivity index (χ1n) is 8.44. The van der Waals surface area contributed by atoms with E-state index in [1.165, 1.54) is 13.2 Å². The monoisotopic (exact) mass is 351 g/mol. The molecule has 2 unspecified atom stereocenters. The fourth-order valence-corrected chi connectivity index (χ4v) is 3.04. The highest BCUT2D eigenvalue weighted by atomic mass is 19.1. The molecule has 7 heteroatoms. The molecule has 25 heavy (non-hydrogen) atoms. The lowest BCUT2D eigenvalue weighted by Crippen LogP contribution is -2.40. The van der Waals surface area contributed by atoms with Gasteiger partial charge in [0.25, 0.3) is 0 Å². The van der Waals surface area contributed by atoms with Gasteiger partial charge in [0.05, 0.1) is 19.6 Å². The Morgan fingerprint density at radius 1 is 1.44 bits per heavy atom. The van der Waals surface area contributed by atoms with Gasteiger partial charge in [0.2, 0.25) is 0 Å². The highest BCUT2D eigenvalue weighted by molar-refractivity contribution is 5.82. The lowest BCUT2D eigenvalue weighted by molar-refractivity contribution is -0.145. The number of ether oxygens (including phenoxy) is 2. The van der Waals surface area contributed by atoms with E-state index in [-0.39, 0.29) is 29.4 Å². The second-order valence-electron chi connectivity index (χ2n) is 6.11. The molecule has 0 aromatic heterocycles. The van der Waals surface area contributed by atoms with E-state index in [9.17, 15) is 9.18 Å². The summed E-state index contributed by atoms with van der Waals surface area (Å²) in [5, 5.41) is 3.22. The van der Waals surface area contributed by atoms with Crippen molar-refractivity contribution < 1.29 is 18.7 Å². The van der Waals surface area contributed by atoms with Crippen molar-refractivity contribution in [1.82, 2.24) is 10.2 Å². The second-order valence-corrected chi connectivity index (χ2v) is 6.11. The number of rotatable bonds is 5. The Hall–Kier alpha value is -2.31. The number of methoxy groups -OCH3 is 1. The van der Waals surface area contributed by atoms with Crippen LogP contribution in [0.25, 0.3) is 0 Å². The molecule has 1 aliphatic heterocycles. The van der Waals surface area contributed by atoms with Crippen LogP contribution in [-0.2, 0) is 16.1 Å². The van der Waals surface area contributed by atoms with Gasteiger partial charge in [-0.2, -0.15) is 0 Å². The Balaban J connectivity index is 1.97. The SMILES string of the molecule is CCOc1ccc(CNC(=NC)N2CC(C)C(C(=O)OC)C2)cc1F. The average Bonchev–Trinajstić information content (AvgIpc) is 2.99.